The van der Waals surface area contributed by atoms with Crippen LogP contribution in [0.1, 0.15) is 65.2 Å². The Labute approximate surface area is 133 Å². The Morgan fingerprint density at radius 1 is 0.842 bits per heavy atom. The molecule has 0 atom stereocenters. The average Bonchev–Trinajstić information content (AvgIpc) is 2.41. The fourth-order valence-electron chi connectivity index (χ4n) is 1.99. The monoisotopic (exact) mass is 382 g/mol. The van der Waals surface area contributed by atoms with E-state index in [-0.39, 0.29) is 6.29 Å². The third-order valence-electron chi connectivity index (χ3n) is 2.96. The van der Waals surface area contributed by atoms with Gasteiger partial charge in [0.15, 0.2) is 6.29 Å². The van der Waals surface area contributed by atoms with Gasteiger partial charge in [-0.15, -0.1) is 0 Å². The van der Waals surface area contributed by atoms with E-state index in [1.165, 1.54) is 49.4 Å². The molecule has 0 saturated carbocycles. The predicted molar refractivity (Wildman–Crippen MR) is 92.0 cm³/mol. The summed E-state index contributed by atoms with van der Waals surface area (Å²) < 4.78 is 12.3. The van der Waals surface area contributed by atoms with E-state index in [4.69, 9.17) is 9.47 Å². The molecule has 0 unspecified atom stereocenters. The van der Waals surface area contributed by atoms with Gasteiger partial charge in [0.05, 0.1) is 0 Å². The van der Waals surface area contributed by atoms with Crippen LogP contribution in [-0.2, 0) is 9.47 Å². The van der Waals surface area contributed by atoms with Crippen LogP contribution in [0.2, 0.25) is 0 Å². The van der Waals surface area contributed by atoms with E-state index in [0.29, 0.717) is 0 Å². The zero-order valence-corrected chi connectivity index (χ0v) is 14.9. The fraction of sp³-hybridized carbons (Fsp3) is 0.875. The molecule has 0 aliphatic carbocycles. The third-order valence-corrected chi connectivity index (χ3v) is 3.58. The summed E-state index contributed by atoms with van der Waals surface area (Å²) in [5.41, 5.74) is 0. The van der Waals surface area contributed by atoms with Crippen molar-refractivity contribution in [1.82, 2.24) is 0 Å². The molecular formula is C16H31IO2. The quantitative estimate of drug-likeness (QED) is 0.130. The molecule has 0 N–H and O–H groups in total. The van der Waals surface area contributed by atoms with E-state index >= 15 is 0 Å². The van der Waals surface area contributed by atoms with Crippen molar-refractivity contribution in [3.8, 4) is 0 Å². The minimum absolute atomic E-state index is 0.0196. The maximum absolute atomic E-state index is 5.53. The second-order valence-electron chi connectivity index (χ2n) is 4.63. The molecule has 0 aromatic heterocycles. The summed E-state index contributed by atoms with van der Waals surface area (Å²) in [4.78, 5) is 0. The van der Waals surface area contributed by atoms with Gasteiger partial charge >= 0.3 is 0 Å². The van der Waals surface area contributed by atoms with Crippen LogP contribution in [0.5, 0.6) is 0 Å². The Hall–Kier alpha value is 0.390. The van der Waals surface area contributed by atoms with Gasteiger partial charge in [-0.2, -0.15) is 0 Å². The number of hydrogen-bond donors (Lipinski definition) is 0. The zero-order valence-electron chi connectivity index (χ0n) is 12.7. The van der Waals surface area contributed by atoms with Crippen LogP contribution < -0.4 is 0 Å². The first-order valence-electron chi connectivity index (χ1n) is 7.79. The van der Waals surface area contributed by atoms with Crippen molar-refractivity contribution in [3.05, 3.63) is 12.2 Å². The number of unbranched alkanes of at least 4 members (excludes halogenated alkanes) is 5. The van der Waals surface area contributed by atoms with E-state index in [9.17, 15) is 0 Å². The van der Waals surface area contributed by atoms with E-state index in [1.807, 2.05) is 13.8 Å². The summed E-state index contributed by atoms with van der Waals surface area (Å²) in [5.74, 6) is 0. The van der Waals surface area contributed by atoms with Crippen LogP contribution in [0, 0.1) is 0 Å². The maximum Gasteiger partial charge on any atom is 0.157 e. The summed E-state index contributed by atoms with van der Waals surface area (Å²) >= 11 is 2.42. The fourth-order valence-corrected chi connectivity index (χ4v) is 2.35. The summed E-state index contributed by atoms with van der Waals surface area (Å²) in [6.07, 6.45) is 14.7. The minimum Gasteiger partial charge on any atom is -0.353 e. The lowest BCUT2D eigenvalue weighted by atomic mass is 10.1. The Balaban J connectivity index is 3.28. The molecule has 0 aliphatic rings. The highest BCUT2D eigenvalue weighted by Crippen LogP contribution is 2.11. The maximum atomic E-state index is 5.53. The number of ether oxygens (including phenoxy) is 2. The standard InChI is InChI=1S/C16H31IO2/c1-3-18-16(19-4-2)14-12-10-8-6-5-7-9-11-13-15-17/h9,11,16H,3-8,10,12-15H2,1-2H3/b11-9-. The number of rotatable bonds is 14. The van der Waals surface area contributed by atoms with Gasteiger partial charge in [0.1, 0.15) is 0 Å². The van der Waals surface area contributed by atoms with Crippen LogP contribution in [0.3, 0.4) is 0 Å². The van der Waals surface area contributed by atoms with Gasteiger partial charge in [0.2, 0.25) is 0 Å². The normalized spacial score (nSPS) is 11.8. The topological polar surface area (TPSA) is 18.5 Å². The average molecular weight is 382 g/mol. The molecule has 3 heteroatoms. The Morgan fingerprint density at radius 2 is 1.42 bits per heavy atom. The van der Waals surface area contributed by atoms with Gasteiger partial charge in [0.25, 0.3) is 0 Å². The highest BCUT2D eigenvalue weighted by molar-refractivity contribution is 14.1. The van der Waals surface area contributed by atoms with Gasteiger partial charge in [-0.25, -0.2) is 0 Å². The van der Waals surface area contributed by atoms with Crippen LogP contribution in [0.15, 0.2) is 12.2 Å². The number of alkyl halides is 1. The largest absolute Gasteiger partial charge is 0.353 e. The minimum atomic E-state index is 0.0196. The molecule has 0 rings (SSSR count). The van der Waals surface area contributed by atoms with Gasteiger partial charge < -0.3 is 9.47 Å². The molecule has 2 nitrogen and oxygen atoms in total. The highest BCUT2D eigenvalue weighted by atomic mass is 127. The molecule has 0 amide bonds. The molecule has 19 heavy (non-hydrogen) atoms. The molecule has 0 saturated heterocycles. The van der Waals surface area contributed by atoms with Crippen LogP contribution in [0.4, 0.5) is 0 Å². The lowest BCUT2D eigenvalue weighted by Crippen LogP contribution is -2.17. The molecule has 0 fully saturated rings. The van der Waals surface area contributed by atoms with Crippen molar-refractivity contribution in [2.75, 3.05) is 17.6 Å². The molecule has 0 bridgehead atoms. The molecule has 0 aromatic rings. The van der Waals surface area contributed by atoms with Crippen LogP contribution in [0.25, 0.3) is 0 Å². The van der Waals surface area contributed by atoms with Gasteiger partial charge in [-0.1, -0.05) is 54.0 Å². The Kier molecular flexibility index (Phi) is 16.8. The number of allylic oxidation sites excluding steroid dienone is 2. The Morgan fingerprint density at radius 3 is 2.05 bits per heavy atom. The molecule has 114 valence electrons. The Bertz CT molecular complexity index is 189. The number of hydrogen-bond acceptors (Lipinski definition) is 2. The van der Waals surface area contributed by atoms with Crippen LogP contribution >= 0.6 is 22.6 Å². The van der Waals surface area contributed by atoms with Crippen LogP contribution in [-0.4, -0.2) is 23.9 Å². The van der Waals surface area contributed by atoms with Crippen molar-refractivity contribution in [1.29, 1.82) is 0 Å². The van der Waals surface area contributed by atoms with Crippen molar-refractivity contribution in [3.63, 3.8) is 0 Å². The first kappa shape index (κ1) is 19.4. The smallest absolute Gasteiger partial charge is 0.157 e. The van der Waals surface area contributed by atoms with Crippen molar-refractivity contribution in [2.45, 2.75) is 71.5 Å². The van der Waals surface area contributed by atoms with Crippen molar-refractivity contribution < 1.29 is 9.47 Å². The second kappa shape index (κ2) is 16.4. The summed E-state index contributed by atoms with van der Waals surface area (Å²) in [6.45, 7) is 5.54. The SMILES string of the molecule is CCOC(CCCCCCC/C=C\CCI)OCC. The van der Waals surface area contributed by atoms with Crippen molar-refractivity contribution in [2.24, 2.45) is 0 Å². The second-order valence-corrected chi connectivity index (χ2v) is 5.71. The van der Waals surface area contributed by atoms with E-state index in [0.717, 1.165) is 19.6 Å². The molecular weight excluding hydrogens is 351 g/mol. The molecule has 0 radical (unpaired) electrons. The third kappa shape index (κ3) is 14.6. The van der Waals surface area contributed by atoms with Gasteiger partial charge in [0, 0.05) is 17.6 Å². The van der Waals surface area contributed by atoms with E-state index in [2.05, 4.69) is 34.7 Å². The number of halogens is 1. The first-order chi connectivity index (χ1) is 9.35. The van der Waals surface area contributed by atoms with Crippen molar-refractivity contribution >= 4 is 22.6 Å². The summed E-state index contributed by atoms with van der Waals surface area (Å²) in [6, 6.07) is 0. The van der Waals surface area contributed by atoms with Gasteiger partial charge in [-0.3, -0.25) is 0 Å². The summed E-state index contributed by atoms with van der Waals surface area (Å²) in [7, 11) is 0. The zero-order chi connectivity index (χ0) is 14.2. The molecule has 0 heterocycles. The lowest BCUT2D eigenvalue weighted by molar-refractivity contribution is -0.140. The summed E-state index contributed by atoms with van der Waals surface area (Å²) in [5, 5.41) is 0. The van der Waals surface area contributed by atoms with Gasteiger partial charge in [-0.05, 0) is 46.0 Å². The first-order valence-corrected chi connectivity index (χ1v) is 9.31. The lowest BCUT2D eigenvalue weighted by Gasteiger charge is -2.16. The molecule has 0 spiro atoms. The van der Waals surface area contributed by atoms with E-state index in [1.54, 1.807) is 0 Å². The van der Waals surface area contributed by atoms with E-state index < -0.39 is 0 Å². The predicted octanol–water partition coefficient (Wildman–Crippen LogP) is 5.50. The molecule has 0 aromatic carbocycles. The molecule has 0 aliphatic heterocycles. The highest BCUT2D eigenvalue weighted by Gasteiger charge is 2.06.